The van der Waals surface area contributed by atoms with Crippen LogP contribution >= 0.6 is 0 Å². The minimum absolute atomic E-state index is 0.141. The number of carbonyl (C=O) groups is 1. The van der Waals surface area contributed by atoms with E-state index in [4.69, 9.17) is 10.5 Å². The average Bonchev–Trinajstić information content (AvgIpc) is 2.89. The molecule has 0 bridgehead atoms. The number of hydrogen-bond acceptors (Lipinski definition) is 3. The number of nitrogens with one attached hydrogen (secondary N) is 1. The molecule has 1 unspecified atom stereocenters. The van der Waals surface area contributed by atoms with Gasteiger partial charge in [-0.2, -0.15) is 0 Å². The number of ether oxygens (including phenoxy) is 1. The maximum atomic E-state index is 11.2. The van der Waals surface area contributed by atoms with Crippen LogP contribution < -0.4 is 10.5 Å². The molecular weight excluding hydrogens is 292 g/mol. The van der Waals surface area contributed by atoms with Crippen molar-refractivity contribution in [2.75, 3.05) is 13.2 Å². The molecule has 2 aromatic rings. The van der Waals surface area contributed by atoms with Gasteiger partial charge in [0.2, 0.25) is 0 Å². The number of H-pyrrole nitrogens is 1. The highest BCUT2D eigenvalue weighted by atomic mass is 16.5. The molecule has 0 aliphatic rings. The van der Waals surface area contributed by atoms with Crippen molar-refractivity contribution in [2.24, 2.45) is 17.6 Å². The first-order chi connectivity index (χ1) is 11.0. The number of aliphatic carboxylic acids is 1. The second-order valence-electron chi connectivity index (χ2n) is 6.24. The largest absolute Gasteiger partial charge is 0.494 e. The average molecular weight is 318 g/mol. The summed E-state index contributed by atoms with van der Waals surface area (Å²) in [4.78, 5) is 14.4. The van der Waals surface area contributed by atoms with Crippen molar-refractivity contribution < 1.29 is 14.6 Å². The van der Waals surface area contributed by atoms with Gasteiger partial charge >= 0.3 is 5.97 Å². The molecule has 1 atom stereocenters. The maximum absolute atomic E-state index is 11.2. The molecule has 0 spiro atoms. The number of rotatable bonds is 9. The molecule has 0 saturated carbocycles. The fourth-order valence-electron chi connectivity index (χ4n) is 2.84. The first-order valence-corrected chi connectivity index (χ1v) is 8.18. The molecule has 2 rings (SSSR count). The van der Waals surface area contributed by atoms with Crippen molar-refractivity contribution in [1.29, 1.82) is 0 Å². The Kier molecular flexibility index (Phi) is 6.04. The number of benzene rings is 1. The number of hydrogen-bond donors (Lipinski definition) is 3. The van der Waals surface area contributed by atoms with Crippen molar-refractivity contribution in [3.05, 3.63) is 30.0 Å². The van der Waals surface area contributed by atoms with Crippen LogP contribution in [0.5, 0.6) is 5.75 Å². The van der Waals surface area contributed by atoms with Crippen molar-refractivity contribution >= 4 is 16.9 Å². The van der Waals surface area contributed by atoms with Crippen molar-refractivity contribution in [3.63, 3.8) is 0 Å². The SMILES string of the molecule is CC(C)C(CCCOc1ccc2[nH]cc(CCN)c2c1)C(=O)O. The number of carboxylic acid groups (broad SMARTS) is 1. The zero-order chi connectivity index (χ0) is 16.8. The summed E-state index contributed by atoms with van der Waals surface area (Å²) in [5.74, 6) is -0.0728. The predicted molar refractivity (Wildman–Crippen MR) is 91.7 cm³/mol. The zero-order valence-electron chi connectivity index (χ0n) is 13.8. The number of nitrogens with two attached hydrogens (primary N) is 1. The van der Waals surface area contributed by atoms with E-state index >= 15 is 0 Å². The lowest BCUT2D eigenvalue weighted by atomic mass is 9.91. The Morgan fingerprint density at radius 2 is 2.17 bits per heavy atom. The van der Waals surface area contributed by atoms with Gasteiger partial charge in [0.25, 0.3) is 0 Å². The van der Waals surface area contributed by atoms with E-state index in [0.717, 1.165) is 29.5 Å². The number of aromatic nitrogens is 1. The van der Waals surface area contributed by atoms with Crippen molar-refractivity contribution in [3.8, 4) is 5.75 Å². The van der Waals surface area contributed by atoms with E-state index in [2.05, 4.69) is 4.98 Å². The fraction of sp³-hybridized carbons (Fsp3) is 0.500. The van der Waals surface area contributed by atoms with Crippen molar-refractivity contribution in [1.82, 2.24) is 4.98 Å². The fourth-order valence-corrected chi connectivity index (χ4v) is 2.84. The van der Waals surface area contributed by atoms with E-state index in [1.807, 2.05) is 38.2 Å². The van der Waals surface area contributed by atoms with E-state index < -0.39 is 5.97 Å². The molecular formula is C18H26N2O3. The second-order valence-corrected chi connectivity index (χ2v) is 6.24. The standard InChI is InChI=1S/C18H26N2O3/c1-12(2)15(18(21)22)4-3-9-23-14-5-6-17-16(10-14)13(7-8-19)11-20-17/h5-6,10-12,15,20H,3-4,7-9,19H2,1-2H3,(H,21,22). The molecule has 0 aliphatic heterocycles. The normalized spacial score (nSPS) is 12.7. The molecule has 5 nitrogen and oxygen atoms in total. The van der Waals surface area contributed by atoms with Crippen LogP contribution in [0.4, 0.5) is 0 Å². The van der Waals surface area contributed by atoms with Gasteiger partial charge in [0.05, 0.1) is 12.5 Å². The number of carboxylic acids is 1. The highest BCUT2D eigenvalue weighted by Gasteiger charge is 2.20. The van der Waals surface area contributed by atoms with E-state index in [-0.39, 0.29) is 11.8 Å². The van der Waals surface area contributed by atoms with Crippen LogP contribution in [0.3, 0.4) is 0 Å². The molecule has 0 aliphatic carbocycles. The van der Waals surface area contributed by atoms with Gasteiger partial charge in [0.15, 0.2) is 0 Å². The minimum atomic E-state index is -0.722. The van der Waals surface area contributed by atoms with E-state index in [1.165, 1.54) is 5.56 Å². The first-order valence-electron chi connectivity index (χ1n) is 8.18. The molecule has 0 radical (unpaired) electrons. The quantitative estimate of drug-likeness (QED) is 0.620. The molecule has 0 amide bonds. The predicted octanol–water partition coefficient (Wildman–Crippen LogP) is 3.18. The third kappa shape index (κ3) is 4.48. The lowest BCUT2D eigenvalue weighted by Crippen LogP contribution is -2.20. The summed E-state index contributed by atoms with van der Waals surface area (Å²) in [6.45, 7) is 5.03. The maximum Gasteiger partial charge on any atom is 0.306 e. The molecule has 4 N–H and O–H groups in total. The second kappa shape index (κ2) is 8.02. The lowest BCUT2D eigenvalue weighted by molar-refractivity contribution is -0.143. The van der Waals surface area contributed by atoms with Gasteiger partial charge in [-0.15, -0.1) is 0 Å². The zero-order valence-corrected chi connectivity index (χ0v) is 13.8. The monoisotopic (exact) mass is 318 g/mol. The molecule has 23 heavy (non-hydrogen) atoms. The smallest absolute Gasteiger partial charge is 0.306 e. The molecule has 1 heterocycles. The number of aromatic amines is 1. The Morgan fingerprint density at radius 3 is 2.83 bits per heavy atom. The highest BCUT2D eigenvalue weighted by molar-refractivity contribution is 5.84. The van der Waals surface area contributed by atoms with Gasteiger partial charge in [-0.1, -0.05) is 13.8 Å². The highest BCUT2D eigenvalue weighted by Crippen LogP contribution is 2.24. The molecule has 0 fully saturated rings. The molecule has 5 heteroatoms. The van der Waals surface area contributed by atoms with Gasteiger partial charge in [-0.3, -0.25) is 4.79 Å². The Morgan fingerprint density at radius 1 is 1.39 bits per heavy atom. The lowest BCUT2D eigenvalue weighted by Gasteiger charge is -2.16. The summed E-state index contributed by atoms with van der Waals surface area (Å²) in [7, 11) is 0. The summed E-state index contributed by atoms with van der Waals surface area (Å²) < 4.78 is 5.79. The van der Waals surface area contributed by atoms with Gasteiger partial charge in [0.1, 0.15) is 5.75 Å². The van der Waals surface area contributed by atoms with Gasteiger partial charge < -0.3 is 20.6 Å². The minimum Gasteiger partial charge on any atom is -0.494 e. The van der Waals surface area contributed by atoms with E-state index in [0.29, 0.717) is 19.6 Å². The van der Waals surface area contributed by atoms with Crippen LogP contribution in [-0.4, -0.2) is 29.2 Å². The molecule has 126 valence electrons. The van der Waals surface area contributed by atoms with Crippen LogP contribution in [0.25, 0.3) is 10.9 Å². The molecule has 0 saturated heterocycles. The van der Waals surface area contributed by atoms with Crippen LogP contribution in [0.2, 0.25) is 0 Å². The van der Waals surface area contributed by atoms with E-state index in [1.54, 1.807) is 0 Å². The Bertz CT molecular complexity index is 649. The van der Waals surface area contributed by atoms with Gasteiger partial charge in [-0.25, -0.2) is 0 Å². The van der Waals surface area contributed by atoms with Crippen molar-refractivity contribution in [2.45, 2.75) is 33.1 Å². The summed E-state index contributed by atoms with van der Waals surface area (Å²) >= 11 is 0. The summed E-state index contributed by atoms with van der Waals surface area (Å²) in [6, 6.07) is 5.95. The summed E-state index contributed by atoms with van der Waals surface area (Å²) in [5, 5.41) is 10.3. The van der Waals surface area contributed by atoms with E-state index in [9.17, 15) is 9.90 Å². The van der Waals surface area contributed by atoms with Crippen LogP contribution in [0.1, 0.15) is 32.3 Å². The summed E-state index contributed by atoms with van der Waals surface area (Å²) in [6.07, 6.45) is 4.19. The van der Waals surface area contributed by atoms with Gasteiger partial charge in [0, 0.05) is 17.1 Å². The molecule has 1 aromatic carbocycles. The third-order valence-electron chi connectivity index (χ3n) is 4.20. The Hall–Kier alpha value is -2.01. The summed E-state index contributed by atoms with van der Waals surface area (Å²) in [5.41, 5.74) is 7.90. The third-order valence-corrected chi connectivity index (χ3v) is 4.20. The van der Waals surface area contributed by atoms with Gasteiger partial charge in [-0.05, 0) is 55.5 Å². The Labute approximate surface area is 136 Å². The molecule has 1 aromatic heterocycles. The first kappa shape index (κ1) is 17.3. The topological polar surface area (TPSA) is 88.3 Å². The number of fused-ring (bicyclic) bond motifs is 1. The Balaban J connectivity index is 1.92. The van der Waals surface area contributed by atoms with Crippen LogP contribution in [0, 0.1) is 11.8 Å². The van der Waals surface area contributed by atoms with Crippen LogP contribution in [0.15, 0.2) is 24.4 Å². The van der Waals surface area contributed by atoms with Crippen LogP contribution in [-0.2, 0) is 11.2 Å².